The van der Waals surface area contributed by atoms with E-state index in [0.29, 0.717) is 5.75 Å². The quantitative estimate of drug-likeness (QED) is 0.778. The standard InChI is InChI=1S/C11H15NO3/c1-11(2,3)15-7-4-5-9(13)8(6-7)10(12)14/h4-6,13H,1-3H3,(H2,12,14). The van der Waals surface area contributed by atoms with Crippen LogP contribution in [0.5, 0.6) is 11.5 Å². The summed E-state index contributed by atoms with van der Waals surface area (Å²) in [7, 11) is 0. The third-order valence-corrected chi connectivity index (χ3v) is 1.66. The predicted octanol–water partition coefficient (Wildman–Crippen LogP) is 1.67. The summed E-state index contributed by atoms with van der Waals surface area (Å²) in [6.45, 7) is 5.68. The Kier molecular flexibility index (Phi) is 2.88. The lowest BCUT2D eigenvalue weighted by atomic mass is 10.1. The van der Waals surface area contributed by atoms with Gasteiger partial charge in [0.05, 0.1) is 5.56 Å². The van der Waals surface area contributed by atoms with Gasteiger partial charge < -0.3 is 15.6 Å². The van der Waals surface area contributed by atoms with Gasteiger partial charge in [-0.3, -0.25) is 4.79 Å². The summed E-state index contributed by atoms with van der Waals surface area (Å²) >= 11 is 0. The molecule has 1 aromatic carbocycles. The van der Waals surface area contributed by atoms with Gasteiger partial charge in [-0.25, -0.2) is 0 Å². The van der Waals surface area contributed by atoms with Crippen molar-refractivity contribution < 1.29 is 14.6 Å². The van der Waals surface area contributed by atoms with Crippen molar-refractivity contribution in [2.24, 2.45) is 5.73 Å². The summed E-state index contributed by atoms with van der Waals surface area (Å²) in [5.74, 6) is -0.301. The highest BCUT2D eigenvalue weighted by Crippen LogP contribution is 2.25. The molecule has 0 aliphatic rings. The van der Waals surface area contributed by atoms with Crippen molar-refractivity contribution >= 4 is 5.91 Å². The molecule has 1 rings (SSSR count). The molecule has 0 aliphatic heterocycles. The number of benzene rings is 1. The number of hydrogen-bond donors (Lipinski definition) is 2. The summed E-state index contributed by atoms with van der Waals surface area (Å²) in [6.07, 6.45) is 0. The first-order valence-electron chi connectivity index (χ1n) is 4.61. The molecule has 0 heterocycles. The predicted molar refractivity (Wildman–Crippen MR) is 57.0 cm³/mol. The Morgan fingerprint density at radius 2 is 2.00 bits per heavy atom. The van der Waals surface area contributed by atoms with Gasteiger partial charge in [-0.1, -0.05) is 0 Å². The first-order chi connectivity index (χ1) is 6.79. The highest BCUT2D eigenvalue weighted by atomic mass is 16.5. The Labute approximate surface area is 88.7 Å². The van der Waals surface area contributed by atoms with Crippen LogP contribution in [0.1, 0.15) is 31.1 Å². The number of hydrogen-bond acceptors (Lipinski definition) is 3. The van der Waals surface area contributed by atoms with Crippen LogP contribution in [0.3, 0.4) is 0 Å². The number of nitrogens with two attached hydrogens (primary N) is 1. The van der Waals surface area contributed by atoms with E-state index in [1.165, 1.54) is 12.1 Å². The number of amides is 1. The molecule has 15 heavy (non-hydrogen) atoms. The molecule has 0 aromatic heterocycles. The Bertz CT molecular complexity index is 380. The average Bonchev–Trinajstić information content (AvgIpc) is 2.05. The number of phenols is 1. The third-order valence-electron chi connectivity index (χ3n) is 1.66. The molecular weight excluding hydrogens is 194 g/mol. The minimum atomic E-state index is -0.674. The Morgan fingerprint density at radius 3 is 2.47 bits per heavy atom. The van der Waals surface area contributed by atoms with Crippen LogP contribution in [-0.4, -0.2) is 16.6 Å². The van der Waals surface area contributed by atoms with Crippen LogP contribution >= 0.6 is 0 Å². The van der Waals surface area contributed by atoms with Crippen molar-refractivity contribution in [2.45, 2.75) is 26.4 Å². The largest absolute Gasteiger partial charge is 0.507 e. The van der Waals surface area contributed by atoms with E-state index in [4.69, 9.17) is 10.5 Å². The number of ether oxygens (including phenoxy) is 1. The van der Waals surface area contributed by atoms with Crippen LogP contribution in [0.15, 0.2) is 18.2 Å². The molecule has 0 aliphatic carbocycles. The zero-order chi connectivity index (χ0) is 11.6. The number of carbonyl (C=O) groups is 1. The maximum atomic E-state index is 10.9. The van der Waals surface area contributed by atoms with Crippen LogP contribution < -0.4 is 10.5 Å². The zero-order valence-electron chi connectivity index (χ0n) is 9.07. The van der Waals surface area contributed by atoms with Gasteiger partial charge in [-0.05, 0) is 39.0 Å². The highest BCUT2D eigenvalue weighted by Gasteiger charge is 2.14. The molecule has 1 amide bonds. The molecule has 1 aromatic rings. The van der Waals surface area contributed by atoms with Crippen molar-refractivity contribution in [3.05, 3.63) is 23.8 Å². The fraction of sp³-hybridized carbons (Fsp3) is 0.364. The molecule has 0 spiro atoms. The minimum absolute atomic E-state index is 0.0664. The van der Waals surface area contributed by atoms with Crippen LogP contribution in [0.2, 0.25) is 0 Å². The molecule has 0 atom stereocenters. The topological polar surface area (TPSA) is 72.6 Å². The van der Waals surface area contributed by atoms with Gasteiger partial charge in [0.1, 0.15) is 17.1 Å². The van der Waals surface area contributed by atoms with E-state index in [0.717, 1.165) is 0 Å². The van der Waals surface area contributed by atoms with Gasteiger partial charge in [-0.2, -0.15) is 0 Å². The SMILES string of the molecule is CC(C)(C)Oc1ccc(O)c(C(N)=O)c1. The lowest BCUT2D eigenvalue weighted by Crippen LogP contribution is -2.23. The number of rotatable bonds is 2. The van der Waals surface area contributed by atoms with E-state index in [2.05, 4.69) is 0 Å². The van der Waals surface area contributed by atoms with E-state index in [1.807, 2.05) is 20.8 Å². The van der Waals surface area contributed by atoms with Crippen LogP contribution in [0.25, 0.3) is 0 Å². The number of primary amides is 1. The summed E-state index contributed by atoms with van der Waals surface area (Å²) in [5.41, 5.74) is 4.80. The molecule has 0 radical (unpaired) electrons. The molecule has 0 unspecified atom stereocenters. The monoisotopic (exact) mass is 209 g/mol. The maximum absolute atomic E-state index is 10.9. The fourth-order valence-corrected chi connectivity index (χ4v) is 1.13. The molecule has 4 heteroatoms. The van der Waals surface area contributed by atoms with Gasteiger partial charge in [0.2, 0.25) is 0 Å². The summed E-state index contributed by atoms with van der Waals surface area (Å²) in [6, 6.07) is 4.41. The first-order valence-corrected chi connectivity index (χ1v) is 4.61. The second-order valence-corrected chi connectivity index (χ2v) is 4.26. The van der Waals surface area contributed by atoms with Gasteiger partial charge in [0.15, 0.2) is 0 Å². The normalized spacial score (nSPS) is 11.1. The molecule has 0 saturated heterocycles. The van der Waals surface area contributed by atoms with Gasteiger partial charge in [-0.15, -0.1) is 0 Å². The van der Waals surface area contributed by atoms with Crippen molar-refractivity contribution in [1.29, 1.82) is 0 Å². The van der Waals surface area contributed by atoms with Crippen molar-refractivity contribution in [1.82, 2.24) is 0 Å². The van der Waals surface area contributed by atoms with E-state index < -0.39 is 5.91 Å². The molecule has 82 valence electrons. The number of carbonyl (C=O) groups excluding carboxylic acids is 1. The molecule has 0 fully saturated rings. The smallest absolute Gasteiger partial charge is 0.252 e. The maximum Gasteiger partial charge on any atom is 0.252 e. The van der Waals surface area contributed by atoms with Crippen molar-refractivity contribution in [3.63, 3.8) is 0 Å². The van der Waals surface area contributed by atoms with E-state index in [1.54, 1.807) is 6.07 Å². The Balaban J connectivity index is 3.03. The Hall–Kier alpha value is -1.71. The van der Waals surface area contributed by atoms with Gasteiger partial charge >= 0.3 is 0 Å². The molecule has 0 saturated carbocycles. The molecule has 3 N–H and O–H groups in total. The van der Waals surface area contributed by atoms with Crippen molar-refractivity contribution in [3.8, 4) is 11.5 Å². The average molecular weight is 209 g/mol. The van der Waals surface area contributed by atoms with Crippen LogP contribution in [-0.2, 0) is 0 Å². The molecule has 4 nitrogen and oxygen atoms in total. The van der Waals surface area contributed by atoms with Gasteiger partial charge in [0, 0.05) is 0 Å². The van der Waals surface area contributed by atoms with E-state index >= 15 is 0 Å². The second-order valence-electron chi connectivity index (χ2n) is 4.26. The fourth-order valence-electron chi connectivity index (χ4n) is 1.13. The third kappa shape index (κ3) is 3.16. The summed E-state index contributed by atoms with van der Waals surface area (Å²) < 4.78 is 5.53. The zero-order valence-corrected chi connectivity index (χ0v) is 9.07. The van der Waals surface area contributed by atoms with Gasteiger partial charge in [0.25, 0.3) is 5.91 Å². The highest BCUT2D eigenvalue weighted by molar-refractivity contribution is 5.95. The molecule has 0 bridgehead atoms. The first kappa shape index (κ1) is 11.4. The van der Waals surface area contributed by atoms with Crippen LogP contribution in [0, 0.1) is 0 Å². The van der Waals surface area contributed by atoms with E-state index in [-0.39, 0.29) is 16.9 Å². The van der Waals surface area contributed by atoms with Crippen LogP contribution in [0.4, 0.5) is 0 Å². The number of aromatic hydroxyl groups is 1. The minimum Gasteiger partial charge on any atom is -0.507 e. The van der Waals surface area contributed by atoms with E-state index in [9.17, 15) is 9.90 Å². The lowest BCUT2D eigenvalue weighted by molar-refractivity contribution is 0.0994. The second kappa shape index (κ2) is 3.81. The summed E-state index contributed by atoms with van der Waals surface area (Å²) in [4.78, 5) is 10.9. The summed E-state index contributed by atoms with van der Waals surface area (Å²) in [5, 5.41) is 9.35. The lowest BCUT2D eigenvalue weighted by Gasteiger charge is -2.21. The molecular formula is C11H15NO3. The Morgan fingerprint density at radius 1 is 1.40 bits per heavy atom. The van der Waals surface area contributed by atoms with Crippen molar-refractivity contribution in [2.75, 3.05) is 0 Å².